The van der Waals surface area contributed by atoms with E-state index in [1.807, 2.05) is 12.2 Å². The minimum Gasteiger partial charge on any atom is -0.399 e. The molecule has 0 radical (unpaired) electrons. The van der Waals surface area contributed by atoms with E-state index < -0.39 is 0 Å². The molecule has 0 heterocycles. The van der Waals surface area contributed by atoms with Gasteiger partial charge in [0.1, 0.15) is 14.2 Å². The summed E-state index contributed by atoms with van der Waals surface area (Å²) in [5.41, 5.74) is 1.73. The van der Waals surface area contributed by atoms with Gasteiger partial charge in [-0.1, -0.05) is 10.3 Å². The fourth-order valence-electron chi connectivity index (χ4n) is 0.856. The van der Waals surface area contributed by atoms with E-state index in [2.05, 4.69) is 20.0 Å². The molecule has 0 aliphatic heterocycles. The smallest absolute Gasteiger partial charge is 0.106 e. The van der Waals surface area contributed by atoms with Crippen LogP contribution in [0.5, 0.6) is 0 Å². The predicted molar refractivity (Wildman–Crippen MR) is 42.6 cm³/mol. The van der Waals surface area contributed by atoms with E-state index >= 15 is 0 Å². The van der Waals surface area contributed by atoms with E-state index in [1.165, 1.54) is 14.2 Å². The second-order valence-electron chi connectivity index (χ2n) is 2.04. The van der Waals surface area contributed by atoms with Gasteiger partial charge in [0.15, 0.2) is 0 Å². The molecular formula is C7H10N2O2. The van der Waals surface area contributed by atoms with Crippen molar-refractivity contribution in [3.8, 4) is 0 Å². The molecule has 60 valence electrons. The maximum absolute atomic E-state index is 4.59. The van der Waals surface area contributed by atoms with Crippen molar-refractivity contribution in [2.24, 2.45) is 10.3 Å². The van der Waals surface area contributed by atoms with Crippen molar-refractivity contribution in [3.63, 3.8) is 0 Å². The van der Waals surface area contributed by atoms with Gasteiger partial charge in [0.2, 0.25) is 0 Å². The monoisotopic (exact) mass is 154 g/mol. The molecule has 4 nitrogen and oxygen atoms in total. The number of hydrogen-bond acceptors (Lipinski definition) is 4. The van der Waals surface area contributed by atoms with Gasteiger partial charge in [0.05, 0.1) is 11.4 Å². The van der Waals surface area contributed by atoms with Crippen LogP contribution < -0.4 is 0 Å². The Kier molecular flexibility index (Phi) is 2.66. The lowest BCUT2D eigenvalue weighted by atomic mass is 10.3. The topological polar surface area (TPSA) is 43.2 Å². The maximum Gasteiger partial charge on any atom is 0.106 e. The normalized spacial score (nSPS) is 23.1. The summed E-state index contributed by atoms with van der Waals surface area (Å²) in [6.45, 7) is 0. The van der Waals surface area contributed by atoms with Crippen LogP contribution in [0.25, 0.3) is 0 Å². The molecule has 0 N–H and O–H groups in total. The Morgan fingerprint density at radius 3 is 1.91 bits per heavy atom. The van der Waals surface area contributed by atoms with Gasteiger partial charge in [-0.2, -0.15) is 0 Å². The van der Waals surface area contributed by atoms with Gasteiger partial charge in [-0.15, -0.1) is 0 Å². The molecule has 0 bridgehead atoms. The van der Waals surface area contributed by atoms with Crippen molar-refractivity contribution in [2.75, 3.05) is 14.2 Å². The summed E-state index contributed by atoms with van der Waals surface area (Å²) in [6, 6.07) is 0. The third-order valence-corrected chi connectivity index (χ3v) is 1.25. The molecule has 0 saturated carbocycles. The molecule has 0 aromatic heterocycles. The van der Waals surface area contributed by atoms with Gasteiger partial charge in [-0.3, -0.25) is 0 Å². The highest BCUT2D eigenvalue weighted by atomic mass is 16.6. The summed E-state index contributed by atoms with van der Waals surface area (Å²) in [5.74, 6) is 0. The number of hydrogen-bond donors (Lipinski definition) is 0. The molecular weight excluding hydrogens is 144 g/mol. The highest BCUT2D eigenvalue weighted by molar-refractivity contribution is 6.20. The van der Waals surface area contributed by atoms with Crippen molar-refractivity contribution in [3.05, 3.63) is 12.2 Å². The predicted octanol–water partition coefficient (Wildman–Crippen LogP) is 0.951. The first kappa shape index (κ1) is 7.78. The summed E-state index contributed by atoms with van der Waals surface area (Å²) >= 11 is 0. The Hall–Kier alpha value is -1.32. The Morgan fingerprint density at radius 2 is 1.55 bits per heavy atom. The number of allylic oxidation sites excluding steroid dienone is 2. The summed E-state index contributed by atoms with van der Waals surface area (Å²) in [4.78, 5) is 9.19. The molecule has 0 saturated heterocycles. The average molecular weight is 154 g/mol. The second kappa shape index (κ2) is 3.75. The molecule has 0 aromatic rings. The number of oxime groups is 2. The highest BCUT2D eigenvalue weighted by Gasteiger charge is 2.08. The third-order valence-electron chi connectivity index (χ3n) is 1.25. The minimum absolute atomic E-state index is 0.682. The Bertz CT molecular complexity index is 196. The largest absolute Gasteiger partial charge is 0.399 e. The number of nitrogens with zero attached hydrogens (tertiary/aromatic N) is 2. The molecule has 0 unspecified atom stereocenters. The molecule has 1 aliphatic rings. The molecule has 0 amide bonds. The van der Waals surface area contributed by atoms with E-state index in [-0.39, 0.29) is 0 Å². The van der Waals surface area contributed by atoms with E-state index in [4.69, 9.17) is 0 Å². The summed E-state index contributed by atoms with van der Waals surface area (Å²) in [6.07, 6.45) is 4.38. The van der Waals surface area contributed by atoms with Gasteiger partial charge in [-0.05, 0) is 12.2 Å². The second-order valence-corrected chi connectivity index (χ2v) is 2.04. The van der Waals surface area contributed by atoms with E-state index in [9.17, 15) is 0 Å². The lowest BCUT2D eigenvalue weighted by molar-refractivity contribution is 0.211. The quantitative estimate of drug-likeness (QED) is 0.556. The lowest BCUT2D eigenvalue weighted by Gasteiger charge is -1.91. The van der Waals surface area contributed by atoms with Crippen LogP contribution in [0, 0.1) is 0 Å². The summed E-state index contributed by atoms with van der Waals surface area (Å²) in [5, 5.41) is 7.50. The summed E-state index contributed by atoms with van der Waals surface area (Å²) in [7, 11) is 3.04. The van der Waals surface area contributed by atoms with Crippen LogP contribution in [0.1, 0.15) is 6.42 Å². The molecule has 4 heteroatoms. The zero-order valence-corrected chi connectivity index (χ0v) is 6.57. The number of rotatable bonds is 2. The molecule has 1 aliphatic carbocycles. The highest BCUT2D eigenvalue weighted by Crippen LogP contribution is 2.04. The van der Waals surface area contributed by atoms with E-state index in [0.717, 1.165) is 11.4 Å². The molecule has 0 aromatic carbocycles. The first-order valence-corrected chi connectivity index (χ1v) is 3.25. The Balaban J connectivity index is 2.56. The summed E-state index contributed by atoms with van der Waals surface area (Å²) < 4.78 is 0. The fourth-order valence-corrected chi connectivity index (χ4v) is 0.856. The fraction of sp³-hybridized carbons (Fsp3) is 0.429. The van der Waals surface area contributed by atoms with Crippen LogP contribution >= 0.6 is 0 Å². The van der Waals surface area contributed by atoms with Crippen LogP contribution in [0.2, 0.25) is 0 Å². The van der Waals surface area contributed by atoms with Crippen LogP contribution in [0.4, 0.5) is 0 Å². The van der Waals surface area contributed by atoms with Gasteiger partial charge in [0, 0.05) is 6.42 Å². The van der Waals surface area contributed by atoms with Crippen LogP contribution in [0.15, 0.2) is 22.5 Å². The van der Waals surface area contributed by atoms with E-state index in [1.54, 1.807) is 0 Å². The minimum atomic E-state index is 0.682. The molecule has 1 rings (SSSR count). The zero-order chi connectivity index (χ0) is 8.10. The third kappa shape index (κ3) is 2.07. The molecule has 0 spiro atoms. The van der Waals surface area contributed by atoms with Crippen molar-refractivity contribution in [1.29, 1.82) is 0 Å². The van der Waals surface area contributed by atoms with Crippen LogP contribution in [-0.4, -0.2) is 25.6 Å². The first-order valence-electron chi connectivity index (χ1n) is 3.25. The van der Waals surface area contributed by atoms with E-state index in [0.29, 0.717) is 6.42 Å². The van der Waals surface area contributed by atoms with Gasteiger partial charge < -0.3 is 9.68 Å². The standard InChI is InChI=1S/C7H10N2O2/c1-10-8-6-3-4-7(5-6)9-11-2/h3-4H,5H2,1-2H3. The Labute approximate surface area is 65.2 Å². The lowest BCUT2D eigenvalue weighted by Crippen LogP contribution is -1.95. The van der Waals surface area contributed by atoms with Crippen molar-refractivity contribution in [2.45, 2.75) is 6.42 Å². The van der Waals surface area contributed by atoms with Crippen LogP contribution in [-0.2, 0) is 9.68 Å². The van der Waals surface area contributed by atoms with Crippen LogP contribution in [0.3, 0.4) is 0 Å². The van der Waals surface area contributed by atoms with Crippen molar-refractivity contribution >= 4 is 11.4 Å². The Morgan fingerprint density at radius 1 is 1.09 bits per heavy atom. The van der Waals surface area contributed by atoms with Gasteiger partial charge >= 0.3 is 0 Å². The van der Waals surface area contributed by atoms with Crippen molar-refractivity contribution in [1.82, 2.24) is 0 Å². The first-order chi connectivity index (χ1) is 5.36. The maximum atomic E-state index is 4.59. The van der Waals surface area contributed by atoms with Crippen molar-refractivity contribution < 1.29 is 9.68 Å². The average Bonchev–Trinajstić information content (AvgIpc) is 2.38. The molecule has 0 fully saturated rings. The van der Waals surface area contributed by atoms with Gasteiger partial charge in [-0.25, -0.2) is 0 Å². The molecule has 0 atom stereocenters. The zero-order valence-electron chi connectivity index (χ0n) is 6.57. The SMILES string of the molecule is CON=C1C=CC(=NOC)C1. The molecule has 11 heavy (non-hydrogen) atoms. The van der Waals surface area contributed by atoms with Gasteiger partial charge in [0.25, 0.3) is 0 Å².